The fourth-order valence-electron chi connectivity index (χ4n) is 4.07. The summed E-state index contributed by atoms with van der Waals surface area (Å²) in [6.07, 6.45) is 8.63. The van der Waals surface area contributed by atoms with Gasteiger partial charge in [-0.1, -0.05) is 0 Å². The number of anilines is 1. The molecule has 132 valence electrons. The molecule has 7 nitrogen and oxygen atoms in total. The molecule has 3 aliphatic rings. The molecule has 3 fully saturated rings. The lowest BCUT2D eigenvalue weighted by molar-refractivity contribution is -0.126. The molecule has 7 heteroatoms. The van der Waals surface area contributed by atoms with Crippen LogP contribution in [0.3, 0.4) is 0 Å². The Hall–Kier alpha value is -2.18. The molecule has 25 heavy (non-hydrogen) atoms. The first-order chi connectivity index (χ1) is 12.3. The van der Waals surface area contributed by atoms with Crippen LogP contribution in [0.15, 0.2) is 18.5 Å². The first-order valence-corrected chi connectivity index (χ1v) is 9.50. The molecular formula is C18H24N6O. The fraction of sp³-hybridized carbons (Fsp3) is 0.667. The molecule has 0 atom stereocenters. The van der Waals surface area contributed by atoms with E-state index in [4.69, 9.17) is 0 Å². The zero-order chi connectivity index (χ0) is 16.8. The number of aromatic nitrogens is 4. The van der Waals surface area contributed by atoms with Crippen LogP contribution >= 0.6 is 0 Å². The van der Waals surface area contributed by atoms with Crippen LogP contribution in [-0.2, 0) is 4.79 Å². The Morgan fingerprint density at radius 2 is 1.80 bits per heavy atom. The van der Waals surface area contributed by atoms with Crippen molar-refractivity contribution in [2.45, 2.75) is 44.6 Å². The molecule has 3 heterocycles. The normalized spacial score (nSPS) is 21.9. The van der Waals surface area contributed by atoms with Crippen molar-refractivity contribution in [3.63, 3.8) is 0 Å². The molecule has 0 radical (unpaired) electrons. The van der Waals surface area contributed by atoms with Crippen molar-refractivity contribution in [1.29, 1.82) is 0 Å². The van der Waals surface area contributed by atoms with E-state index in [9.17, 15) is 4.79 Å². The van der Waals surface area contributed by atoms with Crippen molar-refractivity contribution in [3.8, 4) is 0 Å². The van der Waals surface area contributed by atoms with Crippen LogP contribution in [-0.4, -0.2) is 44.8 Å². The summed E-state index contributed by atoms with van der Waals surface area (Å²) < 4.78 is 1.70. The van der Waals surface area contributed by atoms with Crippen molar-refractivity contribution in [2.75, 3.05) is 18.0 Å². The lowest BCUT2D eigenvalue weighted by atomic mass is 9.94. The fourth-order valence-corrected chi connectivity index (χ4v) is 4.07. The van der Waals surface area contributed by atoms with E-state index in [2.05, 4.69) is 25.5 Å². The Bertz CT molecular complexity index is 761. The summed E-state index contributed by atoms with van der Waals surface area (Å²) in [6, 6.07) is 4.38. The van der Waals surface area contributed by atoms with Crippen molar-refractivity contribution in [1.82, 2.24) is 25.1 Å². The second-order valence-corrected chi connectivity index (χ2v) is 7.80. The van der Waals surface area contributed by atoms with E-state index in [0.29, 0.717) is 6.04 Å². The maximum Gasteiger partial charge on any atom is 0.223 e. The SMILES string of the molecule is O=C(NC(C1CC1)C1CC1)C1CCN(c2ccc3nncn3n2)CC1. The molecule has 1 aliphatic heterocycles. The molecule has 2 aromatic rings. The second kappa shape index (κ2) is 5.97. The van der Waals surface area contributed by atoms with Gasteiger partial charge in [0.2, 0.25) is 5.91 Å². The predicted molar refractivity (Wildman–Crippen MR) is 93.1 cm³/mol. The summed E-state index contributed by atoms with van der Waals surface area (Å²) in [5.41, 5.74) is 0.754. The van der Waals surface area contributed by atoms with E-state index in [1.54, 1.807) is 10.8 Å². The van der Waals surface area contributed by atoms with Crippen LogP contribution in [0.1, 0.15) is 38.5 Å². The molecule has 1 amide bonds. The third kappa shape index (κ3) is 3.07. The smallest absolute Gasteiger partial charge is 0.223 e. The van der Waals surface area contributed by atoms with E-state index in [1.807, 2.05) is 12.1 Å². The highest BCUT2D eigenvalue weighted by atomic mass is 16.2. The van der Waals surface area contributed by atoms with Crippen LogP contribution in [0, 0.1) is 17.8 Å². The predicted octanol–water partition coefficient (Wildman–Crippen LogP) is 1.65. The van der Waals surface area contributed by atoms with Crippen LogP contribution in [0.4, 0.5) is 5.82 Å². The molecule has 0 aromatic carbocycles. The average Bonchev–Trinajstić information content (AvgIpc) is 3.57. The van der Waals surface area contributed by atoms with Gasteiger partial charge < -0.3 is 10.2 Å². The number of hydrogen-bond donors (Lipinski definition) is 1. The van der Waals surface area contributed by atoms with Gasteiger partial charge in [-0.25, -0.2) is 0 Å². The molecule has 5 rings (SSSR count). The molecule has 0 bridgehead atoms. The summed E-state index contributed by atoms with van der Waals surface area (Å²) in [7, 11) is 0. The maximum absolute atomic E-state index is 12.7. The van der Waals surface area contributed by atoms with Gasteiger partial charge in [0.15, 0.2) is 5.65 Å². The Kier molecular flexibility index (Phi) is 3.60. The summed E-state index contributed by atoms with van der Waals surface area (Å²) in [5, 5.41) is 15.8. The summed E-state index contributed by atoms with van der Waals surface area (Å²) >= 11 is 0. The lowest BCUT2D eigenvalue weighted by Crippen LogP contribution is -2.45. The van der Waals surface area contributed by atoms with E-state index in [0.717, 1.165) is 49.2 Å². The van der Waals surface area contributed by atoms with Gasteiger partial charge in [0.1, 0.15) is 12.1 Å². The van der Waals surface area contributed by atoms with Gasteiger partial charge in [-0.2, -0.15) is 4.52 Å². The maximum atomic E-state index is 12.7. The minimum atomic E-state index is 0.148. The van der Waals surface area contributed by atoms with E-state index < -0.39 is 0 Å². The average molecular weight is 340 g/mol. The minimum Gasteiger partial charge on any atom is -0.355 e. The Morgan fingerprint density at radius 3 is 2.48 bits per heavy atom. The number of amides is 1. The topological polar surface area (TPSA) is 75.4 Å². The first kappa shape index (κ1) is 15.1. The number of carbonyl (C=O) groups is 1. The minimum absolute atomic E-state index is 0.148. The molecule has 2 saturated carbocycles. The largest absolute Gasteiger partial charge is 0.355 e. The second-order valence-electron chi connectivity index (χ2n) is 7.80. The Morgan fingerprint density at radius 1 is 1.08 bits per heavy atom. The summed E-state index contributed by atoms with van der Waals surface area (Å²) in [5.74, 6) is 2.88. The van der Waals surface area contributed by atoms with Gasteiger partial charge in [0.05, 0.1) is 0 Å². The van der Waals surface area contributed by atoms with Crippen molar-refractivity contribution in [2.24, 2.45) is 17.8 Å². The zero-order valence-corrected chi connectivity index (χ0v) is 14.3. The van der Waals surface area contributed by atoms with Crippen molar-refractivity contribution < 1.29 is 4.79 Å². The number of nitrogens with zero attached hydrogens (tertiary/aromatic N) is 5. The molecule has 1 N–H and O–H groups in total. The lowest BCUT2D eigenvalue weighted by Gasteiger charge is -2.33. The highest BCUT2D eigenvalue weighted by molar-refractivity contribution is 5.79. The van der Waals surface area contributed by atoms with E-state index in [-0.39, 0.29) is 11.8 Å². The number of nitrogens with one attached hydrogen (secondary N) is 1. The Labute approximate surface area is 146 Å². The summed E-state index contributed by atoms with van der Waals surface area (Å²) in [4.78, 5) is 14.9. The van der Waals surface area contributed by atoms with Crippen LogP contribution < -0.4 is 10.2 Å². The van der Waals surface area contributed by atoms with Gasteiger partial charge in [-0.15, -0.1) is 15.3 Å². The number of carbonyl (C=O) groups excluding carboxylic acids is 1. The highest BCUT2D eigenvalue weighted by Crippen LogP contribution is 2.44. The van der Waals surface area contributed by atoms with Gasteiger partial charge in [-0.3, -0.25) is 4.79 Å². The molecule has 0 spiro atoms. The third-order valence-corrected chi connectivity index (χ3v) is 5.91. The molecule has 2 aliphatic carbocycles. The van der Waals surface area contributed by atoms with Crippen LogP contribution in [0.5, 0.6) is 0 Å². The van der Waals surface area contributed by atoms with Gasteiger partial charge in [0, 0.05) is 25.0 Å². The number of fused-ring (bicyclic) bond motifs is 1. The quantitative estimate of drug-likeness (QED) is 0.896. The van der Waals surface area contributed by atoms with E-state index in [1.165, 1.54) is 25.7 Å². The zero-order valence-electron chi connectivity index (χ0n) is 14.3. The number of hydrogen-bond acceptors (Lipinski definition) is 5. The molecular weight excluding hydrogens is 316 g/mol. The van der Waals surface area contributed by atoms with Gasteiger partial charge in [0.25, 0.3) is 0 Å². The van der Waals surface area contributed by atoms with Crippen LogP contribution in [0.2, 0.25) is 0 Å². The van der Waals surface area contributed by atoms with Gasteiger partial charge in [-0.05, 0) is 62.5 Å². The van der Waals surface area contributed by atoms with Crippen molar-refractivity contribution >= 4 is 17.4 Å². The van der Waals surface area contributed by atoms with Crippen molar-refractivity contribution in [3.05, 3.63) is 18.5 Å². The molecule has 0 unspecified atom stereocenters. The summed E-state index contributed by atoms with van der Waals surface area (Å²) in [6.45, 7) is 1.74. The molecule has 2 aromatic heterocycles. The third-order valence-electron chi connectivity index (χ3n) is 5.91. The van der Waals surface area contributed by atoms with Crippen LogP contribution in [0.25, 0.3) is 5.65 Å². The first-order valence-electron chi connectivity index (χ1n) is 9.50. The highest BCUT2D eigenvalue weighted by Gasteiger charge is 2.43. The van der Waals surface area contributed by atoms with E-state index >= 15 is 0 Å². The number of piperidine rings is 1. The van der Waals surface area contributed by atoms with Gasteiger partial charge >= 0.3 is 0 Å². The monoisotopic (exact) mass is 340 g/mol. The Balaban J connectivity index is 1.19. The standard InChI is InChI=1S/C18H24N6O/c25-18(20-17(12-1-2-12)13-3-4-13)14-7-9-23(10-8-14)16-6-5-15-21-19-11-24(15)22-16/h5-6,11-14,17H,1-4,7-10H2,(H,20,25). The molecule has 1 saturated heterocycles. The number of rotatable bonds is 5.